The second-order valence-corrected chi connectivity index (χ2v) is 6.88. The van der Waals surface area contributed by atoms with Crippen LogP contribution >= 0.6 is 0 Å². The first-order valence-corrected chi connectivity index (χ1v) is 8.77. The fourth-order valence-corrected chi connectivity index (χ4v) is 2.52. The summed E-state index contributed by atoms with van der Waals surface area (Å²) in [5.41, 5.74) is 0. The third kappa shape index (κ3) is 8.91. The summed E-state index contributed by atoms with van der Waals surface area (Å²) in [5.74, 6) is 0.625. The predicted octanol–water partition coefficient (Wildman–Crippen LogP) is 1.11. The molecular weight excluding hydrogens is 294 g/mol. The number of carbonyl (C=O) groups is 2. The number of ether oxygens (including phenoxy) is 1. The molecule has 0 spiro atoms. The quantitative estimate of drug-likeness (QED) is 0.645. The topological polar surface area (TPSA) is 61.9 Å². The van der Waals surface area contributed by atoms with Gasteiger partial charge in [0.2, 0.25) is 11.8 Å². The van der Waals surface area contributed by atoms with Crippen molar-refractivity contribution in [1.82, 2.24) is 15.1 Å². The zero-order chi connectivity index (χ0) is 17.2. The molecule has 1 aliphatic heterocycles. The molecule has 0 aromatic carbocycles. The molecule has 1 fully saturated rings. The van der Waals surface area contributed by atoms with Crippen molar-refractivity contribution in [2.75, 3.05) is 45.9 Å². The van der Waals surface area contributed by atoms with Crippen LogP contribution in [0.15, 0.2) is 0 Å². The molecule has 1 aliphatic rings. The Kier molecular flexibility index (Phi) is 9.17. The van der Waals surface area contributed by atoms with Gasteiger partial charge in [0.05, 0.1) is 6.10 Å². The molecule has 0 aromatic rings. The normalized spacial score (nSPS) is 16.2. The van der Waals surface area contributed by atoms with E-state index in [1.807, 2.05) is 32.6 Å². The molecule has 1 saturated heterocycles. The Morgan fingerprint density at radius 1 is 1.09 bits per heavy atom. The number of piperazine rings is 1. The molecule has 1 heterocycles. The van der Waals surface area contributed by atoms with Crippen LogP contribution in [0, 0.1) is 5.92 Å². The molecule has 2 amide bonds. The highest BCUT2D eigenvalue weighted by Crippen LogP contribution is 2.04. The van der Waals surface area contributed by atoms with Crippen molar-refractivity contribution in [3.8, 4) is 0 Å². The van der Waals surface area contributed by atoms with Gasteiger partial charge < -0.3 is 15.0 Å². The molecule has 1 N–H and O–H groups in total. The van der Waals surface area contributed by atoms with E-state index in [4.69, 9.17) is 4.74 Å². The number of nitrogens with zero attached hydrogens (tertiary/aromatic N) is 2. The molecular formula is C17H33N3O3. The Morgan fingerprint density at radius 2 is 1.74 bits per heavy atom. The Balaban J connectivity index is 2.10. The summed E-state index contributed by atoms with van der Waals surface area (Å²) >= 11 is 0. The van der Waals surface area contributed by atoms with E-state index < -0.39 is 0 Å². The lowest BCUT2D eigenvalue weighted by molar-refractivity contribution is -0.139. The van der Waals surface area contributed by atoms with Crippen LogP contribution in [0.25, 0.3) is 0 Å². The van der Waals surface area contributed by atoms with Gasteiger partial charge >= 0.3 is 0 Å². The zero-order valence-corrected chi connectivity index (χ0v) is 15.1. The fourth-order valence-electron chi connectivity index (χ4n) is 2.52. The molecule has 0 aromatic heterocycles. The monoisotopic (exact) mass is 327 g/mol. The Morgan fingerprint density at radius 3 is 2.30 bits per heavy atom. The highest BCUT2D eigenvalue weighted by atomic mass is 16.5. The van der Waals surface area contributed by atoms with Gasteiger partial charge in [0.1, 0.15) is 6.61 Å². The highest BCUT2D eigenvalue weighted by molar-refractivity contribution is 5.77. The van der Waals surface area contributed by atoms with Crippen LogP contribution in [0.3, 0.4) is 0 Å². The Hall–Kier alpha value is -1.14. The van der Waals surface area contributed by atoms with Crippen LogP contribution in [0.5, 0.6) is 0 Å². The van der Waals surface area contributed by atoms with E-state index in [-0.39, 0.29) is 24.5 Å². The lowest BCUT2D eigenvalue weighted by Crippen LogP contribution is -2.50. The maximum atomic E-state index is 12.0. The molecule has 0 atom stereocenters. The van der Waals surface area contributed by atoms with Gasteiger partial charge in [0.15, 0.2) is 0 Å². The van der Waals surface area contributed by atoms with Crippen molar-refractivity contribution < 1.29 is 14.3 Å². The summed E-state index contributed by atoms with van der Waals surface area (Å²) in [6, 6.07) is 0. The molecule has 6 heteroatoms. The van der Waals surface area contributed by atoms with Crippen LogP contribution in [0.2, 0.25) is 0 Å². The first-order valence-electron chi connectivity index (χ1n) is 8.77. The van der Waals surface area contributed by atoms with Crippen molar-refractivity contribution in [2.45, 2.75) is 46.6 Å². The number of hydrogen-bond donors (Lipinski definition) is 1. The predicted molar refractivity (Wildman–Crippen MR) is 91.2 cm³/mol. The molecule has 6 nitrogen and oxygen atoms in total. The lowest BCUT2D eigenvalue weighted by Gasteiger charge is -2.34. The number of amides is 2. The summed E-state index contributed by atoms with van der Waals surface area (Å²) in [7, 11) is 0. The summed E-state index contributed by atoms with van der Waals surface area (Å²) in [5, 5.41) is 2.96. The smallest absolute Gasteiger partial charge is 0.248 e. The van der Waals surface area contributed by atoms with Crippen LogP contribution in [-0.4, -0.2) is 73.6 Å². The van der Waals surface area contributed by atoms with Crippen molar-refractivity contribution >= 4 is 11.8 Å². The van der Waals surface area contributed by atoms with Gasteiger partial charge in [0.25, 0.3) is 0 Å². The third-order valence-corrected chi connectivity index (χ3v) is 3.83. The van der Waals surface area contributed by atoms with E-state index in [2.05, 4.69) is 10.2 Å². The number of rotatable bonds is 9. The van der Waals surface area contributed by atoms with E-state index in [9.17, 15) is 9.59 Å². The summed E-state index contributed by atoms with van der Waals surface area (Å²) < 4.78 is 5.37. The molecule has 0 aliphatic carbocycles. The third-order valence-electron chi connectivity index (χ3n) is 3.83. The molecule has 1 rings (SSSR count). The minimum Gasteiger partial charge on any atom is -0.369 e. The van der Waals surface area contributed by atoms with Gasteiger partial charge in [-0.05, 0) is 32.7 Å². The van der Waals surface area contributed by atoms with E-state index in [1.165, 1.54) is 0 Å². The maximum Gasteiger partial charge on any atom is 0.248 e. The minimum absolute atomic E-state index is 0.0827. The molecule has 0 radical (unpaired) electrons. The van der Waals surface area contributed by atoms with Crippen LogP contribution in [-0.2, 0) is 14.3 Å². The van der Waals surface area contributed by atoms with Crippen molar-refractivity contribution in [3.63, 3.8) is 0 Å². The van der Waals surface area contributed by atoms with E-state index in [1.54, 1.807) is 0 Å². The van der Waals surface area contributed by atoms with Crippen LogP contribution in [0.4, 0.5) is 0 Å². The molecule has 0 unspecified atom stereocenters. The summed E-state index contributed by atoms with van der Waals surface area (Å²) in [6.45, 7) is 13.2. The largest absolute Gasteiger partial charge is 0.369 e. The van der Waals surface area contributed by atoms with Gasteiger partial charge in [-0.1, -0.05) is 13.8 Å². The second-order valence-electron chi connectivity index (χ2n) is 6.88. The lowest BCUT2D eigenvalue weighted by atomic mass is 10.1. The Bertz CT molecular complexity index is 364. The second kappa shape index (κ2) is 10.6. The maximum absolute atomic E-state index is 12.0. The number of nitrogens with one attached hydrogen (secondary N) is 1. The fraction of sp³-hybridized carbons (Fsp3) is 0.882. The number of carbonyl (C=O) groups excluding carboxylic acids is 2. The zero-order valence-electron chi connectivity index (χ0n) is 15.1. The molecule has 0 bridgehead atoms. The van der Waals surface area contributed by atoms with Crippen molar-refractivity contribution in [2.24, 2.45) is 5.92 Å². The number of hydrogen-bond acceptors (Lipinski definition) is 4. The first kappa shape index (κ1) is 19.9. The summed E-state index contributed by atoms with van der Waals surface area (Å²) in [6.07, 6.45) is 1.64. The van der Waals surface area contributed by atoms with Crippen molar-refractivity contribution in [1.29, 1.82) is 0 Å². The summed E-state index contributed by atoms with van der Waals surface area (Å²) in [4.78, 5) is 27.7. The van der Waals surface area contributed by atoms with E-state index in [0.29, 0.717) is 12.3 Å². The molecule has 0 saturated carbocycles. The highest BCUT2D eigenvalue weighted by Gasteiger charge is 2.20. The SMILES string of the molecule is CC(C)CC(=O)NCCCN1CCN(C(=O)COC(C)C)CC1. The first-order chi connectivity index (χ1) is 10.9. The van der Waals surface area contributed by atoms with Gasteiger partial charge in [-0.15, -0.1) is 0 Å². The van der Waals surface area contributed by atoms with Gasteiger partial charge in [0, 0.05) is 39.1 Å². The van der Waals surface area contributed by atoms with E-state index in [0.717, 1.165) is 45.7 Å². The minimum atomic E-state index is 0.0827. The van der Waals surface area contributed by atoms with Gasteiger partial charge in [-0.25, -0.2) is 0 Å². The molecule has 134 valence electrons. The van der Waals surface area contributed by atoms with Gasteiger partial charge in [-0.2, -0.15) is 0 Å². The van der Waals surface area contributed by atoms with Gasteiger partial charge in [-0.3, -0.25) is 14.5 Å². The average molecular weight is 327 g/mol. The van der Waals surface area contributed by atoms with Crippen LogP contribution in [0.1, 0.15) is 40.5 Å². The Labute approximate surface area is 140 Å². The van der Waals surface area contributed by atoms with Crippen molar-refractivity contribution in [3.05, 3.63) is 0 Å². The van der Waals surface area contributed by atoms with E-state index >= 15 is 0 Å². The average Bonchev–Trinajstić information content (AvgIpc) is 2.49. The molecule has 23 heavy (non-hydrogen) atoms. The standard InChI is InChI=1S/C17H33N3O3/c1-14(2)12-16(21)18-6-5-7-19-8-10-20(11-9-19)17(22)13-23-15(3)4/h14-15H,5-13H2,1-4H3,(H,18,21). The van der Waals surface area contributed by atoms with Crippen LogP contribution < -0.4 is 5.32 Å².